The number of amides is 3. The Morgan fingerprint density at radius 1 is 1.21 bits per heavy atom. The van der Waals surface area contributed by atoms with Crippen molar-refractivity contribution < 1.29 is 14.4 Å². The minimum atomic E-state index is -0.256. The molecule has 0 saturated carbocycles. The van der Waals surface area contributed by atoms with E-state index in [-0.39, 0.29) is 37.1 Å². The average molecular weight is 330 g/mol. The number of anilines is 1. The van der Waals surface area contributed by atoms with E-state index < -0.39 is 0 Å². The van der Waals surface area contributed by atoms with Crippen molar-refractivity contribution in [3.05, 3.63) is 24.5 Å². The van der Waals surface area contributed by atoms with E-state index in [0.29, 0.717) is 12.5 Å². The van der Waals surface area contributed by atoms with Gasteiger partial charge in [-0.25, -0.2) is 0 Å². The van der Waals surface area contributed by atoms with Crippen molar-refractivity contribution in [1.82, 2.24) is 15.2 Å². The minimum absolute atomic E-state index is 0.147. The Hall–Kier alpha value is -2.44. The molecule has 0 aromatic carbocycles. The Morgan fingerprint density at radius 3 is 2.54 bits per heavy atom. The molecule has 3 heterocycles. The molecule has 2 aliphatic rings. The van der Waals surface area contributed by atoms with E-state index in [0.717, 1.165) is 36.5 Å². The van der Waals surface area contributed by atoms with Crippen LogP contribution in [0.2, 0.25) is 0 Å². The highest BCUT2D eigenvalue weighted by Crippen LogP contribution is 2.22. The number of nitrogens with one attached hydrogen (secondary N) is 1. The molecule has 1 aromatic heterocycles. The molecule has 2 fully saturated rings. The van der Waals surface area contributed by atoms with E-state index in [1.807, 2.05) is 12.3 Å². The Kier molecular flexibility index (Phi) is 5.08. The van der Waals surface area contributed by atoms with Crippen molar-refractivity contribution in [3.63, 3.8) is 0 Å². The molecular formula is C17H22N4O3. The number of carbonyl (C=O) groups excluding carboxylic acids is 3. The van der Waals surface area contributed by atoms with Crippen LogP contribution >= 0.6 is 0 Å². The normalized spacial score (nSPS) is 19.0. The fraction of sp³-hybridized carbons (Fsp3) is 0.529. The molecule has 1 aromatic rings. The van der Waals surface area contributed by atoms with Gasteiger partial charge in [-0.2, -0.15) is 0 Å². The standard InChI is InChI=1S/C17H22N4O3/c22-15(12-21-16(23)3-4-17(21)24)19-10-13-5-8-20(9-6-13)14-2-1-7-18-11-14/h1-2,7,11,13H,3-6,8-10,12H2,(H,19,22). The van der Waals surface area contributed by atoms with Crippen LogP contribution in [0, 0.1) is 5.92 Å². The Balaban J connectivity index is 1.40. The van der Waals surface area contributed by atoms with Gasteiger partial charge in [-0.15, -0.1) is 0 Å². The Labute approximate surface area is 141 Å². The quantitative estimate of drug-likeness (QED) is 0.798. The Bertz CT molecular complexity index is 596. The summed E-state index contributed by atoms with van der Waals surface area (Å²) in [5, 5.41) is 2.86. The molecule has 24 heavy (non-hydrogen) atoms. The van der Waals surface area contributed by atoms with Gasteiger partial charge >= 0.3 is 0 Å². The maximum absolute atomic E-state index is 11.9. The number of hydrogen-bond acceptors (Lipinski definition) is 5. The van der Waals surface area contributed by atoms with E-state index in [9.17, 15) is 14.4 Å². The number of rotatable bonds is 5. The molecule has 3 amide bonds. The lowest BCUT2D eigenvalue weighted by Crippen LogP contribution is -2.43. The number of pyridine rings is 1. The summed E-state index contributed by atoms with van der Waals surface area (Å²) >= 11 is 0. The lowest BCUT2D eigenvalue weighted by atomic mass is 9.96. The molecule has 0 unspecified atom stereocenters. The predicted molar refractivity (Wildman–Crippen MR) is 88.1 cm³/mol. The summed E-state index contributed by atoms with van der Waals surface area (Å²) in [5.41, 5.74) is 1.13. The molecule has 3 rings (SSSR count). The van der Waals surface area contributed by atoms with Crippen LogP contribution in [-0.4, -0.2) is 53.8 Å². The van der Waals surface area contributed by atoms with Crippen molar-refractivity contribution in [2.45, 2.75) is 25.7 Å². The fourth-order valence-corrected chi connectivity index (χ4v) is 3.19. The second-order valence-electron chi connectivity index (χ2n) is 6.32. The maximum Gasteiger partial charge on any atom is 0.240 e. The topological polar surface area (TPSA) is 82.6 Å². The van der Waals surface area contributed by atoms with Crippen LogP contribution in [0.25, 0.3) is 0 Å². The molecule has 7 heteroatoms. The van der Waals surface area contributed by atoms with Crippen molar-refractivity contribution in [2.24, 2.45) is 5.92 Å². The van der Waals surface area contributed by atoms with Crippen molar-refractivity contribution in [3.8, 4) is 0 Å². The molecule has 1 N–H and O–H groups in total. The largest absolute Gasteiger partial charge is 0.370 e. The first kappa shape index (κ1) is 16.4. The molecular weight excluding hydrogens is 308 g/mol. The molecule has 0 bridgehead atoms. The monoisotopic (exact) mass is 330 g/mol. The zero-order valence-corrected chi connectivity index (χ0v) is 13.6. The third kappa shape index (κ3) is 3.90. The summed E-state index contributed by atoms with van der Waals surface area (Å²) in [4.78, 5) is 42.5. The van der Waals surface area contributed by atoms with Crippen molar-refractivity contribution in [1.29, 1.82) is 0 Å². The third-order valence-corrected chi connectivity index (χ3v) is 4.67. The van der Waals surface area contributed by atoms with E-state index >= 15 is 0 Å². The highest BCUT2D eigenvalue weighted by Gasteiger charge is 2.30. The number of hydrogen-bond donors (Lipinski definition) is 1. The van der Waals surface area contributed by atoms with Crippen LogP contribution in [0.1, 0.15) is 25.7 Å². The van der Waals surface area contributed by atoms with Crippen LogP contribution in [0.5, 0.6) is 0 Å². The zero-order chi connectivity index (χ0) is 16.9. The summed E-state index contributed by atoms with van der Waals surface area (Å²) in [6.07, 6.45) is 6.07. The van der Waals surface area contributed by atoms with Crippen molar-refractivity contribution in [2.75, 3.05) is 31.1 Å². The maximum atomic E-state index is 11.9. The molecule has 128 valence electrons. The van der Waals surface area contributed by atoms with Gasteiger partial charge in [0.1, 0.15) is 6.54 Å². The molecule has 0 atom stereocenters. The van der Waals surface area contributed by atoms with E-state index in [2.05, 4.69) is 21.3 Å². The van der Waals surface area contributed by atoms with Crippen LogP contribution in [0.3, 0.4) is 0 Å². The zero-order valence-electron chi connectivity index (χ0n) is 13.6. The third-order valence-electron chi connectivity index (χ3n) is 4.67. The van der Waals surface area contributed by atoms with E-state index in [1.165, 1.54) is 0 Å². The molecule has 0 spiro atoms. The summed E-state index contributed by atoms with van der Waals surface area (Å²) < 4.78 is 0. The highest BCUT2D eigenvalue weighted by atomic mass is 16.2. The second kappa shape index (κ2) is 7.42. The number of aromatic nitrogens is 1. The van der Waals surface area contributed by atoms with E-state index in [4.69, 9.17) is 0 Å². The molecule has 0 aliphatic carbocycles. The van der Waals surface area contributed by atoms with Crippen LogP contribution in [0.4, 0.5) is 5.69 Å². The minimum Gasteiger partial charge on any atom is -0.370 e. The first-order chi connectivity index (χ1) is 11.6. The Morgan fingerprint density at radius 2 is 1.92 bits per heavy atom. The van der Waals surface area contributed by atoms with Crippen LogP contribution < -0.4 is 10.2 Å². The fourth-order valence-electron chi connectivity index (χ4n) is 3.19. The summed E-state index contributed by atoms with van der Waals surface area (Å²) in [5.74, 6) is -0.333. The van der Waals surface area contributed by atoms with Crippen LogP contribution in [-0.2, 0) is 14.4 Å². The number of carbonyl (C=O) groups is 3. The molecule has 2 saturated heterocycles. The summed E-state index contributed by atoms with van der Waals surface area (Å²) in [6.45, 7) is 2.33. The van der Waals surface area contributed by atoms with Gasteiger partial charge in [0.15, 0.2) is 0 Å². The smallest absolute Gasteiger partial charge is 0.240 e. The second-order valence-corrected chi connectivity index (χ2v) is 6.32. The SMILES string of the molecule is O=C(CN1C(=O)CCC1=O)NCC1CCN(c2cccnc2)CC1. The molecule has 2 aliphatic heterocycles. The van der Waals surface area contributed by atoms with Gasteiger partial charge in [0.25, 0.3) is 0 Å². The first-order valence-electron chi connectivity index (χ1n) is 8.38. The number of imide groups is 1. The van der Waals surface area contributed by atoms with Gasteiger partial charge < -0.3 is 10.2 Å². The number of likely N-dealkylation sites (tertiary alicyclic amines) is 1. The number of piperidine rings is 1. The van der Waals surface area contributed by atoms with E-state index in [1.54, 1.807) is 6.20 Å². The highest BCUT2D eigenvalue weighted by molar-refractivity contribution is 6.04. The van der Waals surface area contributed by atoms with Gasteiger partial charge in [0.05, 0.1) is 11.9 Å². The van der Waals surface area contributed by atoms with Gasteiger partial charge in [0, 0.05) is 38.7 Å². The van der Waals surface area contributed by atoms with Gasteiger partial charge in [-0.3, -0.25) is 24.3 Å². The van der Waals surface area contributed by atoms with Crippen molar-refractivity contribution >= 4 is 23.4 Å². The average Bonchev–Trinajstić information content (AvgIpc) is 2.93. The van der Waals surface area contributed by atoms with Gasteiger partial charge in [0.2, 0.25) is 17.7 Å². The summed E-state index contributed by atoms with van der Waals surface area (Å²) in [6, 6.07) is 3.99. The summed E-state index contributed by atoms with van der Waals surface area (Å²) in [7, 11) is 0. The lowest BCUT2D eigenvalue weighted by Gasteiger charge is -2.33. The van der Waals surface area contributed by atoms with Gasteiger partial charge in [-0.1, -0.05) is 0 Å². The molecule has 0 radical (unpaired) electrons. The lowest BCUT2D eigenvalue weighted by molar-refractivity contribution is -0.142. The van der Waals surface area contributed by atoms with Crippen LogP contribution in [0.15, 0.2) is 24.5 Å². The van der Waals surface area contributed by atoms with Gasteiger partial charge in [-0.05, 0) is 30.9 Å². The molecule has 7 nitrogen and oxygen atoms in total. The predicted octanol–water partition coefficient (Wildman–Crippen LogP) is 0.563. The first-order valence-corrected chi connectivity index (χ1v) is 8.38. The number of nitrogens with zero attached hydrogens (tertiary/aromatic N) is 3.